The lowest BCUT2D eigenvalue weighted by molar-refractivity contribution is -0.142. The molecule has 84 heavy (non-hydrogen) atoms. The van der Waals surface area contributed by atoms with Crippen LogP contribution in [0, 0.1) is 5.92 Å². The molecule has 2 rings (SSSR count). The highest BCUT2D eigenvalue weighted by molar-refractivity contribution is 5.98. The van der Waals surface area contributed by atoms with Gasteiger partial charge in [-0.3, -0.25) is 53.3 Å². The molecule has 1 heterocycles. The number of nitrogens with zero attached hydrogens (tertiary/aromatic N) is 4. The quantitative estimate of drug-likeness (QED) is 0.0173. The molecule has 0 bridgehead atoms. The van der Waals surface area contributed by atoms with Gasteiger partial charge in [0.25, 0.3) is 0 Å². The predicted octanol–water partition coefficient (Wildman–Crippen LogP) is -3.68. The van der Waals surface area contributed by atoms with Crippen LogP contribution in [0.2, 0.25) is 0 Å². The van der Waals surface area contributed by atoms with Crippen molar-refractivity contribution >= 4 is 71.1 Å². The van der Waals surface area contributed by atoms with Crippen molar-refractivity contribution in [3.05, 3.63) is 48.0 Å². The number of rotatable bonds is 41. The Balaban J connectivity index is 2.53. The van der Waals surface area contributed by atoms with Crippen LogP contribution in [-0.4, -0.2) is 168 Å². The Morgan fingerprint density at radius 3 is 1.37 bits per heavy atom. The molecule has 31 heteroatoms. The molecular weight excluding hydrogens is 1090 g/mol. The second-order valence-corrected chi connectivity index (χ2v) is 20.3. The van der Waals surface area contributed by atoms with Crippen LogP contribution in [0.4, 0.5) is 0 Å². The van der Waals surface area contributed by atoms with Crippen molar-refractivity contribution in [3.63, 3.8) is 0 Å². The standard InChI is InChI=1S/C53H90N20O11/c1-6-7-13-36(46(78)73-42(30(2)3)49(81)72-40(26-32-18-20-34(84-5)21-19-32)47(79)70-39(50(82)83)17-12-25-64-53(59)60)67-44(76)37(15-10-23-62-51(55)56)69-48(80)41(27-33-28-61-29-65-33)71-45(77)38(16-11-24-63-52(57)58)68-43(75)35(66-31(4)74)14-8-9-22-54/h18-21,28-30,35-42H,6-17,22-27,54H2,1-5H3,(H,61,65)(H,66,74)(H,67,76)(H,68,75)(H,69,80)(H,70,79)(H,71,77)(H,72,81)(H,73,78)(H,82,83)(H4,55,56,62)(H4,57,58,63)(H4,59,60,64)/t35-,36-,37-,38-,39-,40?,41-,42-/m0/s1. The van der Waals surface area contributed by atoms with Gasteiger partial charge in [0.2, 0.25) is 47.3 Å². The molecule has 0 aliphatic carbocycles. The first-order valence-electron chi connectivity index (χ1n) is 28.0. The minimum atomic E-state index is -1.43. The number of aromatic nitrogens is 2. The maximum absolute atomic E-state index is 14.6. The van der Waals surface area contributed by atoms with Crippen LogP contribution in [0.5, 0.6) is 5.75 Å². The van der Waals surface area contributed by atoms with E-state index in [4.69, 9.17) is 44.9 Å². The molecule has 31 nitrogen and oxygen atoms in total. The first kappa shape index (κ1) is 71.3. The molecule has 0 aliphatic heterocycles. The fourth-order valence-electron chi connectivity index (χ4n) is 8.43. The summed E-state index contributed by atoms with van der Waals surface area (Å²) in [5.41, 5.74) is 39.6. The first-order valence-corrected chi connectivity index (χ1v) is 28.0. The van der Waals surface area contributed by atoms with Gasteiger partial charge in [0.05, 0.1) is 13.4 Å². The van der Waals surface area contributed by atoms with E-state index in [1.54, 1.807) is 38.1 Å². The van der Waals surface area contributed by atoms with E-state index >= 15 is 0 Å². The van der Waals surface area contributed by atoms with Crippen molar-refractivity contribution in [1.82, 2.24) is 52.5 Å². The number of carbonyl (C=O) groups excluding carboxylic acids is 8. The van der Waals surface area contributed by atoms with E-state index in [0.717, 1.165) is 0 Å². The van der Waals surface area contributed by atoms with E-state index in [0.29, 0.717) is 49.2 Å². The Hall–Kier alpha value is -8.77. The van der Waals surface area contributed by atoms with E-state index in [1.165, 1.54) is 26.6 Å². The number of H-pyrrole nitrogens is 1. The summed E-state index contributed by atoms with van der Waals surface area (Å²) >= 11 is 0. The van der Waals surface area contributed by atoms with Gasteiger partial charge in [-0.25, -0.2) is 9.78 Å². The molecule has 468 valence electrons. The molecule has 1 aromatic carbocycles. The lowest BCUT2D eigenvalue weighted by Crippen LogP contribution is -2.61. The third kappa shape index (κ3) is 28.3. The van der Waals surface area contributed by atoms with Gasteiger partial charge in [-0.05, 0) is 94.4 Å². The van der Waals surface area contributed by atoms with Crippen LogP contribution in [0.25, 0.3) is 0 Å². The number of unbranched alkanes of at least 4 members (excludes halogenated alkanes) is 2. The van der Waals surface area contributed by atoms with Crippen molar-refractivity contribution in [2.45, 2.75) is 166 Å². The highest BCUT2D eigenvalue weighted by atomic mass is 16.5. The van der Waals surface area contributed by atoms with Crippen LogP contribution in [-0.2, 0) is 56.0 Å². The highest BCUT2D eigenvalue weighted by Gasteiger charge is 2.36. The van der Waals surface area contributed by atoms with E-state index < -0.39 is 107 Å². The van der Waals surface area contributed by atoms with Gasteiger partial charge < -0.3 is 97.5 Å². The SMILES string of the molecule is CCCC[C@H](NC(=O)[C@H](CCCN=C(N)N)NC(=O)[C@H](Cc1cnc[nH]1)NC(=O)[C@H](CCCN=C(N)N)NC(=O)[C@H](CCCCN)NC(C)=O)C(=O)N[C@H](C(=O)NC(Cc1ccc(OC)cc1)C(=O)N[C@@H](CCCN=C(N)N)C(=O)O)C(C)C. The molecule has 0 saturated carbocycles. The fraction of sp³-hybridized carbons (Fsp3) is 0.604. The lowest BCUT2D eigenvalue weighted by atomic mass is 9.99. The number of aliphatic imine (C=N–C) groups is 3. The summed E-state index contributed by atoms with van der Waals surface area (Å²) in [6.45, 7) is 6.97. The van der Waals surface area contributed by atoms with E-state index in [2.05, 4.69) is 67.5 Å². The number of imidazole rings is 1. The van der Waals surface area contributed by atoms with Crippen molar-refractivity contribution in [3.8, 4) is 5.75 Å². The number of guanidine groups is 3. The van der Waals surface area contributed by atoms with Gasteiger partial charge in [0.1, 0.15) is 54.1 Å². The number of carbonyl (C=O) groups is 9. The summed E-state index contributed by atoms with van der Waals surface area (Å²) in [4.78, 5) is 143. The number of carboxylic acid groups (broad SMARTS) is 1. The molecule has 0 radical (unpaired) electrons. The molecule has 1 unspecified atom stereocenters. The molecule has 2 aromatic rings. The number of nitrogens with two attached hydrogens (primary N) is 7. The number of benzene rings is 1. The summed E-state index contributed by atoms with van der Waals surface area (Å²) in [6, 6.07) is -3.85. The van der Waals surface area contributed by atoms with Crippen LogP contribution < -0.4 is 87.4 Å². The number of aliphatic carboxylic acids is 1. The Labute approximate surface area is 489 Å². The maximum Gasteiger partial charge on any atom is 0.326 e. The molecular formula is C53H90N20O11. The molecule has 0 spiro atoms. The second kappa shape index (κ2) is 38.8. The summed E-state index contributed by atoms with van der Waals surface area (Å²) < 4.78 is 5.26. The normalized spacial score (nSPS) is 13.8. The van der Waals surface area contributed by atoms with Gasteiger partial charge in [-0.15, -0.1) is 0 Å². The zero-order chi connectivity index (χ0) is 62.7. The number of methoxy groups -OCH3 is 1. The van der Waals surface area contributed by atoms with Gasteiger partial charge in [-0.2, -0.15) is 0 Å². The third-order valence-electron chi connectivity index (χ3n) is 12.9. The zero-order valence-electron chi connectivity index (χ0n) is 48.7. The Kier molecular flexibility index (Phi) is 33.0. The fourth-order valence-corrected chi connectivity index (χ4v) is 8.43. The van der Waals surface area contributed by atoms with Crippen LogP contribution >= 0.6 is 0 Å². The average Bonchev–Trinajstić information content (AvgIpc) is 4.05. The third-order valence-corrected chi connectivity index (χ3v) is 12.9. The van der Waals surface area contributed by atoms with Crippen LogP contribution in [0.15, 0.2) is 51.8 Å². The number of carboxylic acids is 1. The second-order valence-electron chi connectivity index (χ2n) is 20.3. The monoisotopic (exact) mass is 1180 g/mol. The number of nitrogens with one attached hydrogen (secondary N) is 9. The van der Waals surface area contributed by atoms with Crippen molar-refractivity contribution < 1.29 is 53.0 Å². The molecule has 24 N–H and O–H groups in total. The van der Waals surface area contributed by atoms with E-state index in [1.807, 2.05) is 6.92 Å². The Bertz CT molecular complexity index is 2500. The van der Waals surface area contributed by atoms with Crippen LogP contribution in [0.1, 0.15) is 116 Å². The molecule has 8 amide bonds. The molecule has 0 aliphatic rings. The summed E-state index contributed by atoms with van der Waals surface area (Å²) in [7, 11) is 1.48. The summed E-state index contributed by atoms with van der Waals surface area (Å²) in [6.07, 6.45) is 5.19. The number of amides is 8. The van der Waals surface area contributed by atoms with Crippen molar-refractivity contribution in [1.29, 1.82) is 0 Å². The van der Waals surface area contributed by atoms with Crippen molar-refractivity contribution in [2.75, 3.05) is 33.3 Å². The maximum atomic E-state index is 14.6. The number of hydrogen-bond donors (Lipinski definition) is 17. The largest absolute Gasteiger partial charge is 0.497 e. The Morgan fingerprint density at radius 2 is 0.952 bits per heavy atom. The zero-order valence-corrected chi connectivity index (χ0v) is 48.7. The number of aromatic amines is 1. The number of ether oxygens (including phenoxy) is 1. The smallest absolute Gasteiger partial charge is 0.326 e. The topological polar surface area (TPSA) is 527 Å². The van der Waals surface area contributed by atoms with Gasteiger partial charge in [0.15, 0.2) is 17.9 Å². The molecule has 0 fully saturated rings. The molecule has 8 atom stereocenters. The van der Waals surface area contributed by atoms with Gasteiger partial charge >= 0.3 is 5.97 Å². The minimum absolute atomic E-state index is 0.0187. The summed E-state index contributed by atoms with van der Waals surface area (Å²) in [5.74, 6) is -8.10. The minimum Gasteiger partial charge on any atom is -0.497 e. The van der Waals surface area contributed by atoms with Gasteiger partial charge in [-0.1, -0.05) is 45.7 Å². The predicted molar refractivity (Wildman–Crippen MR) is 315 cm³/mol. The van der Waals surface area contributed by atoms with Gasteiger partial charge in [0, 0.05) is 51.3 Å². The first-order chi connectivity index (χ1) is 39.9. The molecule has 1 aromatic heterocycles. The highest BCUT2D eigenvalue weighted by Crippen LogP contribution is 2.15. The Morgan fingerprint density at radius 1 is 0.548 bits per heavy atom. The average molecular weight is 1180 g/mol. The lowest BCUT2D eigenvalue weighted by Gasteiger charge is -2.29. The number of hydrogen-bond acceptors (Lipinski definition) is 15. The van der Waals surface area contributed by atoms with E-state index in [9.17, 15) is 48.3 Å². The van der Waals surface area contributed by atoms with Crippen molar-refractivity contribution in [2.24, 2.45) is 61.0 Å². The molecule has 0 saturated heterocycles. The van der Waals surface area contributed by atoms with E-state index in [-0.39, 0.29) is 102 Å². The van der Waals surface area contributed by atoms with Crippen LogP contribution in [0.3, 0.4) is 0 Å². The summed E-state index contributed by atoms with van der Waals surface area (Å²) in [5, 5.41) is 31.4.